The summed E-state index contributed by atoms with van der Waals surface area (Å²) >= 11 is 1.48. The van der Waals surface area contributed by atoms with Crippen molar-refractivity contribution in [1.82, 2.24) is 15.0 Å². The number of aromatic nitrogens is 2. The highest BCUT2D eigenvalue weighted by atomic mass is 32.1. The Labute approximate surface area is 197 Å². The van der Waals surface area contributed by atoms with Crippen molar-refractivity contribution < 1.29 is 14.3 Å². The van der Waals surface area contributed by atoms with Crippen molar-refractivity contribution in [2.45, 2.75) is 53.0 Å². The van der Waals surface area contributed by atoms with Crippen LogP contribution in [0.3, 0.4) is 0 Å². The van der Waals surface area contributed by atoms with Crippen LogP contribution in [0.4, 0.5) is 0 Å². The van der Waals surface area contributed by atoms with Gasteiger partial charge in [0, 0.05) is 4.88 Å². The summed E-state index contributed by atoms with van der Waals surface area (Å²) in [7, 11) is 1.58. The predicted molar refractivity (Wildman–Crippen MR) is 132 cm³/mol. The molecular weight excluding hydrogens is 440 g/mol. The normalized spacial score (nSPS) is 11.3. The summed E-state index contributed by atoms with van der Waals surface area (Å²) < 4.78 is 12.5. The van der Waals surface area contributed by atoms with Gasteiger partial charge in [-0.25, -0.2) is 10.4 Å². The fourth-order valence-corrected chi connectivity index (χ4v) is 4.33. The van der Waals surface area contributed by atoms with Gasteiger partial charge in [-0.3, -0.25) is 14.2 Å². The zero-order valence-electron chi connectivity index (χ0n) is 19.5. The number of carbonyl (C=O) groups is 1. The number of aryl methyl sites for hydroxylation is 2. The van der Waals surface area contributed by atoms with Crippen LogP contribution < -0.4 is 20.5 Å². The number of amides is 1. The number of methoxy groups -OCH3 is 1. The molecule has 33 heavy (non-hydrogen) atoms. The van der Waals surface area contributed by atoms with Crippen LogP contribution in [0.15, 0.2) is 34.4 Å². The van der Waals surface area contributed by atoms with Crippen LogP contribution in [0, 0.1) is 13.8 Å². The summed E-state index contributed by atoms with van der Waals surface area (Å²) in [6.07, 6.45) is 7.45. The third kappa shape index (κ3) is 6.19. The molecule has 0 bridgehead atoms. The third-order valence-electron chi connectivity index (χ3n) is 5.32. The van der Waals surface area contributed by atoms with Crippen LogP contribution in [0.5, 0.6) is 11.5 Å². The first kappa shape index (κ1) is 24.4. The standard InChI is InChI=1S/C24H30N4O4S/c1-5-6-7-8-11-32-19-10-9-18(12-20(19)31-4)13-26-27-21(29)14-28-15-25-23-22(24(28)30)16(2)17(3)33-23/h9-10,12-13,15H,5-8,11,14H2,1-4H3,(H,27,29)/b26-13-. The van der Waals surface area contributed by atoms with Gasteiger partial charge in [-0.15, -0.1) is 11.3 Å². The summed E-state index contributed by atoms with van der Waals surface area (Å²) in [5, 5.41) is 4.56. The molecule has 0 unspecified atom stereocenters. The maximum atomic E-state index is 12.7. The van der Waals surface area contributed by atoms with E-state index in [1.165, 1.54) is 41.3 Å². The lowest BCUT2D eigenvalue weighted by Crippen LogP contribution is -2.30. The summed E-state index contributed by atoms with van der Waals surface area (Å²) in [4.78, 5) is 31.0. The van der Waals surface area contributed by atoms with Gasteiger partial charge in [0.2, 0.25) is 0 Å². The van der Waals surface area contributed by atoms with E-state index in [2.05, 4.69) is 22.4 Å². The molecule has 9 heteroatoms. The molecule has 2 aromatic heterocycles. The zero-order valence-corrected chi connectivity index (χ0v) is 20.3. The number of nitrogens with zero attached hydrogens (tertiary/aromatic N) is 3. The molecule has 176 valence electrons. The summed E-state index contributed by atoms with van der Waals surface area (Å²) in [5.41, 5.74) is 3.88. The Balaban J connectivity index is 1.59. The second-order valence-corrected chi connectivity index (χ2v) is 8.96. The van der Waals surface area contributed by atoms with Gasteiger partial charge < -0.3 is 9.47 Å². The predicted octanol–water partition coefficient (Wildman–Crippen LogP) is 4.19. The first-order valence-electron chi connectivity index (χ1n) is 11.0. The van der Waals surface area contributed by atoms with Crippen molar-refractivity contribution in [1.29, 1.82) is 0 Å². The number of ether oxygens (including phenoxy) is 2. The Bertz CT molecular complexity index is 1200. The number of rotatable bonds is 11. The number of benzene rings is 1. The van der Waals surface area contributed by atoms with Crippen molar-refractivity contribution in [2.75, 3.05) is 13.7 Å². The minimum atomic E-state index is -0.418. The molecule has 0 radical (unpaired) electrons. The number of unbranched alkanes of at least 4 members (excludes halogenated alkanes) is 3. The number of hydrogen-bond acceptors (Lipinski definition) is 7. The highest BCUT2D eigenvalue weighted by molar-refractivity contribution is 7.18. The molecule has 3 aromatic rings. The molecule has 1 aromatic carbocycles. The Hall–Kier alpha value is -3.20. The van der Waals surface area contributed by atoms with Crippen molar-refractivity contribution in [2.24, 2.45) is 5.10 Å². The van der Waals surface area contributed by atoms with E-state index in [-0.39, 0.29) is 12.1 Å². The number of fused-ring (bicyclic) bond motifs is 1. The van der Waals surface area contributed by atoms with E-state index in [0.29, 0.717) is 28.3 Å². The van der Waals surface area contributed by atoms with Gasteiger partial charge in [-0.2, -0.15) is 5.10 Å². The molecule has 0 aliphatic carbocycles. The molecule has 2 heterocycles. The topological polar surface area (TPSA) is 94.8 Å². The van der Waals surface area contributed by atoms with Crippen LogP contribution in [0.1, 0.15) is 48.6 Å². The largest absolute Gasteiger partial charge is 0.493 e. The minimum Gasteiger partial charge on any atom is -0.493 e. The smallest absolute Gasteiger partial charge is 0.262 e. The molecule has 1 N–H and O–H groups in total. The van der Waals surface area contributed by atoms with Crippen molar-refractivity contribution in [3.05, 3.63) is 50.9 Å². The molecule has 0 saturated carbocycles. The molecule has 0 fully saturated rings. The van der Waals surface area contributed by atoms with E-state index in [0.717, 1.165) is 28.8 Å². The molecule has 0 saturated heterocycles. The zero-order chi connectivity index (χ0) is 23.8. The maximum Gasteiger partial charge on any atom is 0.262 e. The first-order valence-corrected chi connectivity index (χ1v) is 11.8. The maximum absolute atomic E-state index is 12.7. The molecule has 0 aliphatic rings. The van der Waals surface area contributed by atoms with Gasteiger partial charge in [-0.05, 0) is 49.6 Å². The fraction of sp³-hybridized carbons (Fsp3) is 0.417. The highest BCUT2D eigenvalue weighted by Gasteiger charge is 2.13. The second kappa shape index (κ2) is 11.6. The third-order valence-corrected chi connectivity index (χ3v) is 6.43. The van der Waals surface area contributed by atoms with Gasteiger partial charge in [0.1, 0.15) is 11.4 Å². The Morgan fingerprint density at radius 1 is 1.24 bits per heavy atom. The Morgan fingerprint density at radius 2 is 2.06 bits per heavy atom. The monoisotopic (exact) mass is 470 g/mol. The van der Waals surface area contributed by atoms with Gasteiger partial charge in [0.05, 0.1) is 31.6 Å². The summed E-state index contributed by atoms with van der Waals surface area (Å²) in [6.45, 7) is 6.50. The number of hydrogen-bond donors (Lipinski definition) is 1. The van der Waals surface area contributed by atoms with Crippen LogP contribution in [-0.4, -0.2) is 35.4 Å². The Kier molecular flexibility index (Phi) is 8.59. The highest BCUT2D eigenvalue weighted by Crippen LogP contribution is 2.28. The second-order valence-electron chi connectivity index (χ2n) is 7.75. The summed E-state index contributed by atoms with van der Waals surface area (Å²) in [5.74, 6) is 0.864. The number of nitrogens with one attached hydrogen (secondary N) is 1. The van der Waals surface area contributed by atoms with Gasteiger partial charge >= 0.3 is 0 Å². The van der Waals surface area contributed by atoms with E-state index < -0.39 is 5.91 Å². The molecule has 0 atom stereocenters. The van der Waals surface area contributed by atoms with Crippen LogP contribution >= 0.6 is 11.3 Å². The van der Waals surface area contributed by atoms with Gasteiger partial charge in [0.15, 0.2) is 11.5 Å². The number of carbonyl (C=O) groups excluding carboxylic acids is 1. The van der Waals surface area contributed by atoms with Crippen molar-refractivity contribution in [3.8, 4) is 11.5 Å². The SMILES string of the molecule is CCCCCCOc1ccc(/C=N\NC(=O)Cn2cnc3sc(C)c(C)c3c2=O)cc1OC. The van der Waals surface area contributed by atoms with E-state index >= 15 is 0 Å². The Morgan fingerprint density at radius 3 is 2.82 bits per heavy atom. The van der Waals surface area contributed by atoms with E-state index in [9.17, 15) is 9.59 Å². The van der Waals surface area contributed by atoms with Crippen molar-refractivity contribution >= 4 is 33.7 Å². The van der Waals surface area contributed by atoms with Crippen LogP contribution in [-0.2, 0) is 11.3 Å². The quantitative estimate of drug-likeness (QED) is 0.258. The lowest BCUT2D eigenvalue weighted by Gasteiger charge is -2.11. The lowest BCUT2D eigenvalue weighted by molar-refractivity contribution is -0.121. The van der Waals surface area contributed by atoms with Crippen LogP contribution in [0.25, 0.3) is 10.2 Å². The average molecular weight is 471 g/mol. The van der Waals surface area contributed by atoms with E-state index in [4.69, 9.17) is 9.47 Å². The molecule has 0 aliphatic heterocycles. The van der Waals surface area contributed by atoms with Gasteiger partial charge in [0.25, 0.3) is 11.5 Å². The molecule has 1 amide bonds. The van der Waals surface area contributed by atoms with E-state index in [1.807, 2.05) is 26.0 Å². The fourth-order valence-electron chi connectivity index (χ4n) is 3.35. The molecular formula is C24H30N4O4S. The molecule has 3 rings (SSSR count). The molecule has 0 spiro atoms. The lowest BCUT2D eigenvalue weighted by atomic mass is 10.2. The number of hydrazone groups is 1. The first-order chi connectivity index (χ1) is 15.9. The average Bonchev–Trinajstić information content (AvgIpc) is 3.10. The summed E-state index contributed by atoms with van der Waals surface area (Å²) in [6, 6.07) is 5.46. The number of thiophene rings is 1. The van der Waals surface area contributed by atoms with E-state index in [1.54, 1.807) is 13.2 Å². The van der Waals surface area contributed by atoms with Crippen molar-refractivity contribution in [3.63, 3.8) is 0 Å². The van der Waals surface area contributed by atoms with Gasteiger partial charge in [-0.1, -0.05) is 26.2 Å². The molecule has 8 nitrogen and oxygen atoms in total. The minimum absolute atomic E-state index is 0.165. The van der Waals surface area contributed by atoms with Crippen LogP contribution in [0.2, 0.25) is 0 Å².